The van der Waals surface area contributed by atoms with Crippen molar-refractivity contribution in [3.63, 3.8) is 0 Å². The van der Waals surface area contributed by atoms with E-state index in [0.29, 0.717) is 31.2 Å². The van der Waals surface area contributed by atoms with Gasteiger partial charge in [0.05, 0.1) is 7.11 Å². The molecule has 0 heterocycles. The molecule has 228 valence electrons. The maximum atomic E-state index is 13.9. The second-order valence-electron chi connectivity index (χ2n) is 11.2. The molecule has 0 aliphatic heterocycles. The number of methoxy groups -OCH3 is 1. The molecule has 1 amide bonds. The maximum absolute atomic E-state index is 13.9. The zero-order chi connectivity index (χ0) is 30.0. The van der Waals surface area contributed by atoms with E-state index in [-0.39, 0.29) is 5.91 Å². The summed E-state index contributed by atoms with van der Waals surface area (Å²) in [6.45, 7) is 11.4. The summed E-state index contributed by atoms with van der Waals surface area (Å²) >= 11 is 0. The lowest BCUT2D eigenvalue weighted by atomic mass is 10.0. The van der Waals surface area contributed by atoms with Gasteiger partial charge in [0.2, 0.25) is 0 Å². The molecular weight excluding hydrogens is 520 g/mol. The molecule has 0 N–H and O–H groups in total. The number of carbonyl (C=O) groups excluding carboxylic acids is 1. The quantitative estimate of drug-likeness (QED) is 0.127. The lowest BCUT2D eigenvalue weighted by Gasteiger charge is -2.28. The number of ether oxygens (including phenoxy) is 2. The summed E-state index contributed by atoms with van der Waals surface area (Å²) in [5, 5.41) is 0. The maximum Gasteiger partial charge on any atom is 0.254 e. The molecule has 0 atom stereocenters. The molecule has 5 nitrogen and oxygen atoms in total. The van der Waals surface area contributed by atoms with Crippen LogP contribution in [0.1, 0.15) is 92.8 Å². The highest BCUT2D eigenvalue weighted by Crippen LogP contribution is 2.29. The van der Waals surface area contributed by atoms with Crippen LogP contribution < -0.4 is 9.47 Å². The molecule has 3 aromatic rings. The number of benzene rings is 3. The second-order valence-corrected chi connectivity index (χ2v) is 11.2. The predicted octanol–water partition coefficient (Wildman–Crippen LogP) is 8.55. The Labute approximate surface area is 254 Å². The smallest absolute Gasteiger partial charge is 0.254 e. The number of aryl methyl sites for hydroxylation is 1. The van der Waals surface area contributed by atoms with Gasteiger partial charge in [0.15, 0.2) is 11.5 Å². The Balaban J connectivity index is 1.79. The highest BCUT2D eigenvalue weighted by Gasteiger charge is 2.19. The predicted molar refractivity (Wildman–Crippen MR) is 174 cm³/mol. The zero-order valence-electron chi connectivity index (χ0n) is 26.4. The number of hydrogen-bond donors (Lipinski definition) is 0. The van der Waals surface area contributed by atoms with Crippen LogP contribution in [0, 0.1) is 0 Å². The standard InChI is InChI=1S/C37H52N2O3/c1-5-8-12-15-31-18-21-34(22-19-31)37(40)39(27-26-38(24-9-6-2)25-10-7-3)29-33-20-23-35(41-4)36(28-33)42-30-32-16-13-11-14-17-32/h11,13-14,16-23,28H,5-10,12,15,24-27,29-30H2,1-4H3. The van der Waals surface area contributed by atoms with Crippen molar-refractivity contribution in [3.05, 3.63) is 95.1 Å². The van der Waals surface area contributed by atoms with Crippen LogP contribution in [0.3, 0.4) is 0 Å². The molecule has 0 aliphatic carbocycles. The van der Waals surface area contributed by atoms with Gasteiger partial charge in [-0.25, -0.2) is 0 Å². The van der Waals surface area contributed by atoms with Crippen molar-refractivity contribution in [3.8, 4) is 11.5 Å². The molecule has 42 heavy (non-hydrogen) atoms. The summed E-state index contributed by atoms with van der Waals surface area (Å²) in [6, 6.07) is 24.4. The van der Waals surface area contributed by atoms with E-state index in [1.807, 2.05) is 53.4 Å². The molecule has 5 heteroatoms. The van der Waals surface area contributed by atoms with Crippen molar-refractivity contribution in [1.82, 2.24) is 9.80 Å². The highest BCUT2D eigenvalue weighted by atomic mass is 16.5. The Morgan fingerprint density at radius 3 is 1.98 bits per heavy atom. The van der Waals surface area contributed by atoms with Crippen LogP contribution in [0.4, 0.5) is 0 Å². The number of unbranched alkanes of at least 4 members (excludes halogenated alkanes) is 4. The topological polar surface area (TPSA) is 42.0 Å². The number of rotatable bonds is 20. The van der Waals surface area contributed by atoms with Gasteiger partial charge in [0.25, 0.3) is 5.91 Å². The van der Waals surface area contributed by atoms with Gasteiger partial charge in [0, 0.05) is 25.2 Å². The minimum atomic E-state index is 0.0728. The van der Waals surface area contributed by atoms with Crippen molar-refractivity contribution in [2.24, 2.45) is 0 Å². The third-order valence-electron chi connectivity index (χ3n) is 7.74. The van der Waals surface area contributed by atoms with E-state index in [2.05, 4.69) is 49.9 Å². The zero-order valence-corrected chi connectivity index (χ0v) is 26.4. The SMILES string of the molecule is CCCCCc1ccc(C(=O)N(CCN(CCCC)CCCC)Cc2ccc(OC)c(OCc3ccccc3)c2)cc1. The van der Waals surface area contributed by atoms with Crippen LogP contribution in [0.25, 0.3) is 0 Å². The van der Waals surface area contributed by atoms with Crippen molar-refractivity contribution in [1.29, 1.82) is 0 Å². The van der Waals surface area contributed by atoms with Crippen LogP contribution >= 0.6 is 0 Å². The lowest BCUT2D eigenvalue weighted by Crippen LogP contribution is -2.39. The molecule has 0 unspecified atom stereocenters. The lowest BCUT2D eigenvalue weighted by molar-refractivity contribution is 0.0720. The molecule has 0 aromatic heterocycles. The Morgan fingerprint density at radius 2 is 1.33 bits per heavy atom. The van der Waals surface area contributed by atoms with Crippen LogP contribution in [0.2, 0.25) is 0 Å². The van der Waals surface area contributed by atoms with Gasteiger partial charge in [0.1, 0.15) is 6.61 Å². The van der Waals surface area contributed by atoms with Crippen molar-refractivity contribution in [2.45, 2.75) is 85.3 Å². The van der Waals surface area contributed by atoms with Crippen molar-refractivity contribution >= 4 is 5.91 Å². The molecule has 0 saturated heterocycles. The molecule has 0 aliphatic rings. The summed E-state index contributed by atoms with van der Waals surface area (Å²) in [5.41, 5.74) is 4.17. The van der Waals surface area contributed by atoms with Gasteiger partial charge >= 0.3 is 0 Å². The van der Waals surface area contributed by atoms with Crippen molar-refractivity contribution < 1.29 is 14.3 Å². The van der Waals surface area contributed by atoms with E-state index in [9.17, 15) is 4.79 Å². The molecule has 0 fully saturated rings. The average molecular weight is 573 g/mol. The molecular formula is C37H52N2O3. The summed E-state index contributed by atoms with van der Waals surface area (Å²) in [7, 11) is 1.66. The third kappa shape index (κ3) is 11.2. The number of carbonyl (C=O) groups is 1. The minimum absolute atomic E-state index is 0.0728. The van der Waals surface area contributed by atoms with Gasteiger partial charge in [-0.3, -0.25) is 4.79 Å². The van der Waals surface area contributed by atoms with E-state index in [0.717, 1.165) is 42.7 Å². The molecule has 3 rings (SSSR count). The van der Waals surface area contributed by atoms with Gasteiger partial charge in [-0.15, -0.1) is 0 Å². The van der Waals surface area contributed by atoms with Gasteiger partial charge in [-0.2, -0.15) is 0 Å². The fourth-order valence-corrected chi connectivity index (χ4v) is 5.08. The first kappa shape index (κ1) is 33.2. The first-order valence-corrected chi connectivity index (χ1v) is 16.0. The molecule has 0 spiro atoms. The summed E-state index contributed by atoms with van der Waals surface area (Å²) in [6.07, 6.45) is 9.40. The third-order valence-corrected chi connectivity index (χ3v) is 7.74. The van der Waals surface area contributed by atoms with E-state index in [1.54, 1.807) is 7.11 Å². The van der Waals surface area contributed by atoms with Crippen LogP contribution in [0.15, 0.2) is 72.8 Å². The van der Waals surface area contributed by atoms with E-state index in [4.69, 9.17) is 9.47 Å². The first-order chi connectivity index (χ1) is 20.6. The van der Waals surface area contributed by atoms with Gasteiger partial charge in [-0.1, -0.05) is 95.0 Å². The number of hydrogen-bond acceptors (Lipinski definition) is 4. The average Bonchev–Trinajstić information content (AvgIpc) is 3.03. The minimum Gasteiger partial charge on any atom is -0.493 e. The van der Waals surface area contributed by atoms with Crippen LogP contribution in [-0.2, 0) is 19.6 Å². The van der Waals surface area contributed by atoms with Crippen LogP contribution in [0.5, 0.6) is 11.5 Å². The highest BCUT2D eigenvalue weighted by molar-refractivity contribution is 5.94. The first-order valence-electron chi connectivity index (χ1n) is 16.0. The van der Waals surface area contributed by atoms with E-state index < -0.39 is 0 Å². The monoisotopic (exact) mass is 572 g/mol. The Hall–Kier alpha value is -3.31. The summed E-state index contributed by atoms with van der Waals surface area (Å²) in [4.78, 5) is 18.5. The Morgan fingerprint density at radius 1 is 0.667 bits per heavy atom. The normalized spacial score (nSPS) is 11.1. The molecule has 3 aromatic carbocycles. The number of amides is 1. The molecule has 0 saturated carbocycles. The summed E-state index contributed by atoms with van der Waals surface area (Å²) < 4.78 is 11.8. The largest absolute Gasteiger partial charge is 0.493 e. The Bertz CT molecular complexity index is 1160. The fraction of sp³-hybridized carbons (Fsp3) is 0.486. The summed E-state index contributed by atoms with van der Waals surface area (Å²) in [5.74, 6) is 1.45. The van der Waals surface area contributed by atoms with Gasteiger partial charge in [-0.05, 0) is 79.7 Å². The Kier molecular flexibility index (Phi) is 15.0. The van der Waals surface area contributed by atoms with Crippen molar-refractivity contribution in [2.75, 3.05) is 33.3 Å². The number of nitrogens with zero attached hydrogens (tertiary/aromatic N) is 2. The second kappa shape index (κ2) is 19.0. The van der Waals surface area contributed by atoms with E-state index in [1.165, 1.54) is 50.5 Å². The fourth-order valence-electron chi connectivity index (χ4n) is 5.08. The molecule has 0 radical (unpaired) electrons. The van der Waals surface area contributed by atoms with Gasteiger partial charge < -0.3 is 19.3 Å². The van der Waals surface area contributed by atoms with E-state index >= 15 is 0 Å². The van der Waals surface area contributed by atoms with Crippen LogP contribution in [-0.4, -0.2) is 49.0 Å². The molecule has 0 bridgehead atoms.